The van der Waals surface area contributed by atoms with E-state index in [2.05, 4.69) is 5.32 Å². The van der Waals surface area contributed by atoms with E-state index < -0.39 is 18.1 Å². The van der Waals surface area contributed by atoms with Crippen molar-refractivity contribution in [3.63, 3.8) is 0 Å². The lowest BCUT2D eigenvalue weighted by Crippen LogP contribution is -2.46. The number of hydrogen-bond acceptors (Lipinski definition) is 4. The van der Waals surface area contributed by atoms with Crippen LogP contribution in [-0.4, -0.2) is 36.6 Å². The largest absolute Gasteiger partial charge is 0.368 e. The van der Waals surface area contributed by atoms with Crippen LogP contribution in [0.3, 0.4) is 0 Å². The third-order valence-corrected chi connectivity index (χ3v) is 2.45. The molecule has 1 aliphatic heterocycles. The van der Waals surface area contributed by atoms with Gasteiger partial charge in [0.1, 0.15) is 12.1 Å². The van der Waals surface area contributed by atoms with Gasteiger partial charge in [-0.2, -0.15) is 0 Å². The summed E-state index contributed by atoms with van der Waals surface area (Å²) in [6, 6.07) is -0.668. The van der Waals surface area contributed by atoms with E-state index in [1.807, 2.05) is 0 Å². The maximum atomic E-state index is 11.5. The maximum absolute atomic E-state index is 11.5. The van der Waals surface area contributed by atoms with E-state index >= 15 is 0 Å². The predicted molar refractivity (Wildman–Crippen MR) is 53.7 cm³/mol. The Bertz CT molecular complexity index is 257. The minimum atomic E-state index is -0.668. The molecule has 0 spiro atoms. The van der Waals surface area contributed by atoms with Crippen LogP contribution >= 0.6 is 0 Å². The summed E-state index contributed by atoms with van der Waals surface area (Å²) in [5.74, 6) is -0.853. The molecule has 0 saturated carbocycles. The Balaban J connectivity index is 2.38. The van der Waals surface area contributed by atoms with Gasteiger partial charge in [0.05, 0.1) is 6.10 Å². The summed E-state index contributed by atoms with van der Waals surface area (Å²) in [7, 11) is 0. The second-order valence-corrected chi connectivity index (χ2v) is 3.69. The van der Waals surface area contributed by atoms with E-state index in [0.717, 1.165) is 6.42 Å². The van der Waals surface area contributed by atoms with E-state index in [9.17, 15) is 9.59 Å². The first kappa shape index (κ1) is 11.9. The highest BCUT2D eigenvalue weighted by molar-refractivity contribution is 5.88. The molecule has 0 aromatic rings. The number of carbonyl (C=O) groups is 2. The summed E-state index contributed by atoms with van der Waals surface area (Å²) in [5.41, 5.74) is 10.4. The van der Waals surface area contributed by atoms with Gasteiger partial charge in [0.15, 0.2) is 0 Å². The molecule has 1 rings (SSSR count). The highest BCUT2D eigenvalue weighted by atomic mass is 16.5. The smallest absolute Gasteiger partial charge is 0.249 e. The van der Waals surface area contributed by atoms with Gasteiger partial charge in [-0.15, -0.1) is 0 Å². The fraction of sp³-hybridized carbons (Fsp3) is 0.778. The third-order valence-electron chi connectivity index (χ3n) is 2.45. The van der Waals surface area contributed by atoms with E-state index in [-0.39, 0.29) is 12.0 Å². The van der Waals surface area contributed by atoms with Crippen LogP contribution in [-0.2, 0) is 14.3 Å². The van der Waals surface area contributed by atoms with Gasteiger partial charge in [-0.1, -0.05) is 0 Å². The normalized spacial score (nSPS) is 27.3. The molecule has 1 saturated heterocycles. The standard InChI is InChI=1S/C9H17N3O3/c1-5(8(11)13)12-9(14)7-3-2-6(4-10)15-7/h5-7H,2-4,10H2,1H3,(H2,11,13)(H,12,14). The van der Waals surface area contributed by atoms with E-state index in [0.29, 0.717) is 13.0 Å². The third kappa shape index (κ3) is 3.17. The summed E-state index contributed by atoms with van der Waals surface area (Å²) < 4.78 is 5.36. The number of amides is 2. The lowest BCUT2D eigenvalue weighted by Gasteiger charge is -2.15. The molecule has 15 heavy (non-hydrogen) atoms. The molecule has 0 aromatic carbocycles. The second-order valence-electron chi connectivity index (χ2n) is 3.69. The lowest BCUT2D eigenvalue weighted by atomic mass is 10.2. The summed E-state index contributed by atoms with van der Waals surface area (Å²) in [6.07, 6.45) is 0.864. The van der Waals surface area contributed by atoms with Crippen LogP contribution in [0.1, 0.15) is 19.8 Å². The van der Waals surface area contributed by atoms with E-state index in [4.69, 9.17) is 16.2 Å². The first-order valence-electron chi connectivity index (χ1n) is 4.99. The van der Waals surface area contributed by atoms with Crippen LogP contribution in [0.4, 0.5) is 0 Å². The van der Waals surface area contributed by atoms with Gasteiger partial charge in [-0.25, -0.2) is 0 Å². The monoisotopic (exact) mass is 215 g/mol. The van der Waals surface area contributed by atoms with Crippen molar-refractivity contribution in [2.75, 3.05) is 6.54 Å². The van der Waals surface area contributed by atoms with Crippen molar-refractivity contribution in [1.29, 1.82) is 0 Å². The maximum Gasteiger partial charge on any atom is 0.249 e. The van der Waals surface area contributed by atoms with Gasteiger partial charge in [0.25, 0.3) is 0 Å². The highest BCUT2D eigenvalue weighted by Crippen LogP contribution is 2.18. The molecule has 0 aromatic heterocycles. The van der Waals surface area contributed by atoms with Crippen LogP contribution in [0.5, 0.6) is 0 Å². The number of nitrogens with two attached hydrogens (primary N) is 2. The second kappa shape index (κ2) is 5.09. The molecule has 0 bridgehead atoms. The molecule has 6 heteroatoms. The first-order valence-corrected chi connectivity index (χ1v) is 4.99. The fourth-order valence-electron chi connectivity index (χ4n) is 1.45. The SMILES string of the molecule is CC(NC(=O)C1CCC(CN)O1)C(N)=O. The average Bonchev–Trinajstić information content (AvgIpc) is 2.65. The number of carbonyl (C=O) groups excluding carboxylic acids is 2. The Morgan fingerprint density at radius 1 is 1.53 bits per heavy atom. The van der Waals surface area contributed by atoms with Crippen LogP contribution in [0, 0.1) is 0 Å². The van der Waals surface area contributed by atoms with Gasteiger partial charge in [0, 0.05) is 6.54 Å². The molecule has 0 radical (unpaired) electrons. The molecule has 1 fully saturated rings. The van der Waals surface area contributed by atoms with Crippen LogP contribution < -0.4 is 16.8 Å². The number of rotatable bonds is 4. The molecule has 6 nitrogen and oxygen atoms in total. The Morgan fingerprint density at radius 2 is 2.20 bits per heavy atom. The quantitative estimate of drug-likeness (QED) is 0.529. The molecule has 3 unspecified atom stereocenters. The van der Waals surface area contributed by atoms with Crippen molar-refractivity contribution in [1.82, 2.24) is 5.32 Å². The summed E-state index contributed by atoms with van der Waals surface area (Å²) >= 11 is 0. The molecular weight excluding hydrogens is 198 g/mol. The van der Waals surface area contributed by atoms with Crippen molar-refractivity contribution in [2.45, 2.75) is 38.0 Å². The summed E-state index contributed by atoms with van der Waals surface area (Å²) in [6.45, 7) is 1.95. The zero-order valence-corrected chi connectivity index (χ0v) is 8.73. The molecular formula is C9H17N3O3. The molecule has 2 amide bonds. The van der Waals surface area contributed by atoms with Crippen molar-refractivity contribution < 1.29 is 14.3 Å². The topological polar surface area (TPSA) is 107 Å². The van der Waals surface area contributed by atoms with Gasteiger partial charge in [-0.3, -0.25) is 9.59 Å². The Morgan fingerprint density at radius 3 is 2.67 bits per heavy atom. The highest BCUT2D eigenvalue weighted by Gasteiger charge is 2.30. The molecule has 1 aliphatic rings. The van der Waals surface area contributed by atoms with Crippen molar-refractivity contribution in [3.05, 3.63) is 0 Å². The summed E-state index contributed by atoms with van der Waals surface area (Å²) in [5, 5.41) is 2.49. The van der Waals surface area contributed by atoms with Crippen LogP contribution in [0.15, 0.2) is 0 Å². The lowest BCUT2D eigenvalue weighted by molar-refractivity contribution is -0.134. The number of hydrogen-bond donors (Lipinski definition) is 3. The average molecular weight is 215 g/mol. The Labute approximate surface area is 88.3 Å². The molecule has 3 atom stereocenters. The van der Waals surface area contributed by atoms with Crippen LogP contribution in [0.2, 0.25) is 0 Å². The number of ether oxygens (including phenoxy) is 1. The predicted octanol–water partition coefficient (Wildman–Crippen LogP) is -1.52. The molecule has 0 aliphatic carbocycles. The first-order chi connectivity index (χ1) is 7.04. The van der Waals surface area contributed by atoms with Crippen LogP contribution in [0.25, 0.3) is 0 Å². The van der Waals surface area contributed by atoms with E-state index in [1.165, 1.54) is 6.92 Å². The van der Waals surface area contributed by atoms with Gasteiger partial charge in [-0.05, 0) is 19.8 Å². The van der Waals surface area contributed by atoms with Crippen molar-refractivity contribution in [3.8, 4) is 0 Å². The van der Waals surface area contributed by atoms with Crippen molar-refractivity contribution >= 4 is 11.8 Å². The minimum Gasteiger partial charge on any atom is -0.368 e. The molecule has 1 heterocycles. The van der Waals surface area contributed by atoms with Crippen molar-refractivity contribution in [2.24, 2.45) is 11.5 Å². The molecule has 86 valence electrons. The van der Waals surface area contributed by atoms with E-state index in [1.54, 1.807) is 0 Å². The molecule has 5 N–H and O–H groups in total. The zero-order valence-electron chi connectivity index (χ0n) is 8.73. The fourth-order valence-corrected chi connectivity index (χ4v) is 1.45. The number of primary amides is 1. The van der Waals surface area contributed by atoms with Gasteiger partial charge >= 0.3 is 0 Å². The summed E-state index contributed by atoms with van der Waals surface area (Å²) in [4.78, 5) is 22.3. The number of nitrogens with one attached hydrogen (secondary N) is 1. The van der Waals surface area contributed by atoms with Gasteiger partial charge in [0.2, 0.25) is 11.8 Å². The zero-order chi connectivity index (χ0) is 11.4. The minimum absolute atomic E-state index is 0.0513. The Kier molecular flexibility index (Phi) is 4.05. The Hall–Kier alpha value is -1.14. The van der Waals surface area contributed by atoms with Gasteiger partial charge < -0.3 is 21.5 Å².